The van der Waals surface area contributed by atoms with Gasteiger partial charge in [0.15, 0.2) is 5.78 Å². The monoisotopic (exact) mass is 286 g/mol. The van der Waals surface area contributed by atoms with E-state index in [4.69, 9.17) is 11.6 Å². The lowest BCUT2D eigenvalue weighted by Crippen LogP contribution is -2.55. The van der Waals surface area contributed by atoms with E-state index < -0.39 is 6.04 Å². The van der Waals surface area contributed by atoms with Gasteiger partial charge in [-0.25, -0.2) is 0 Å². The molecule has 0 aromatic carbocycles. The minimum absolute atomic E-state index is 0.0533. The first-order valence-corrected chi connectivity index (χ1v) is 6.53. The maximum Gasteiger partial charge on any atom is 0.240 e. The molecule has 18 heavy (non-hydrogen) atoms. The number of nitrogens with one attached hydrogen (secondary N) is 1. The standard InChI is InChI=1S/C11H11ClN2O3S/c1-6(11(17)7-2-3-8(12)18-7)14-4-9(15)13-10(16)5-14/h2-3,6H,4-5H2,1H3,(H,13,15,16). The Morgan fingerprint density at radius 1 is 1.39 bits per heavy atom. The number of piperazine rings is 1. The average molecular weight is 287 g/mol. The number of hydrogen-bond donors (Lipinski definition) is 1. The van der Waals surface area contributed by atoms with Crippen LogP contribution in [-0.2, 0) is 9.59 Å². The number of carbonyl (C=O) groups excluding carboxylic acids is 3. The molecule has 0 aliphatic carbocycles. The maximum absolute atomic E-state index is 12.1. The van der Waals surface area contributed by atoms with E-state index in [9.17, 15) is 14.4 Å². The van der Waals surface area contributed by atoms with Crippen LogP contribution in [-0.4, -0.2) is 41.6 Å². The van der Waals surface area contributed by atoms with Gasteiger partial charge in [0.25, 0.3) is 0 Å². The second-order valence-corrected chi connectivity index (χ2v) is 5.74. The first-order chi connectivity index (χ1) is 8.47. The first kappa shape index (κ1) is 13.2. The van der Waals surface area contributed by atoms with Crippen molar-refractivity contribution in [3.05, 3.63) is 21.3 Å². The summed E-state index contributed by atoms with van der Waals surface area (Å²) in [5.41, 5.74) is 0. The van der Waals surface area contributed by atoms with Gasteiger partial charge in [0.05, 0.1) is 28.3 Å². The first-order valence-electron chi connectivity index (χ1n) is 5.33. The Morgan fingerprint density at radius 3 is 2.50 bits per heavy atom. The second-order valence-electron chi connectivity index (χ2n) is 4.02. The van der Waals surface area contributed by atoms with Gasteiger partial charge in [-0.2, -0.15) is 0 Å². The molecule has 1 N–H and O–H groups in total. The number of rotatable bonds is 3. The minimum atomic E-state index is -0.519. The minimum Gasteiger partial charge on any atom is -0.294 e. The molecule has 1 aliphatic heterocycles. The number of imide groups is 1. The predicted molar refractivity (Wildman–Crippen MR) is 67.8 cm³/mol. The summed E-state index contributed by atoms with van der Waals surface area (Å²) in [5.74, 6) is -0.889. The van der Waals surface area contributed by atoms with Crippen molar-refractivity contribution in [1.29, 1.82) is 0 Å². The highest BCUT2D eigenvalue weighted by Crippen LogP contribution is 2.23. The third-order valence-corrected chi connectivity index (χ3v) is 3.96. The third kappa shape index (κ3) is 2.77. The Balaban J connectivity index is 2.11. The smallest absolute Gasteiger partial charge is 0.240 e. The molecule has 1 aromatic rings. The van der Waals surface area contributed by atoms with Gasteiger partial charge in [-0.05, 0) is 19.1 Å². The molecule has 2 rings (SSSR count). The van der Waals surface area contributed by atoms with E-state index >= 15 is 0 Å². The Kier molecular flexibility index (Phi) is 3.79. The highest BCUT2D eigenvalue weighted by Gasteiger charge is 2.30. The lowest BCUT2D eigenvalue weighted by molar-refractivity contribution is -0.136. The molecule has 1 aromatic heterocycles. The van der Waals surface area contributed by atoms with Crippen molar-refractivity contribution >= 4 is 40.5 Å². The van der Waals surface area contributed by atoms with Crippen LogP contribution >= 0.6 is 22.9 Å². The highest BCUT2D eigenvalue weighted by molar-refractivity contribution is 7.18. The molecular weight excluding hydrogens is 276 g/mol. The zero-order valence-electron chi connectivity index (χ0n) is 9.60. The maximum atomic E-state index is 12.1. The number of hydrogen-bond acceptors (Lipinski definition) is 5. The van der Waals surface area contributed by atoms with Gasteiger partial charge in [0, 0.05) is 0 Å². The van der Waals surface area contributed by atoms with Crippen LogP contribution in [0.4, 0.5) is 0 Å². The summed E-state index contributed by atoms with van der Waals surface area (Å²) in [6.45, 7) is 1.79. The van der Waals surface area contributed by atoms with Crippen LogP contribution in [0.3, 0.4) is 0 Å². The Morgan fingerprint density at radius 2 is 2.00 bits per heavy atom. The number of halogens is 1. The summed E-state index contributed by atoms with van der Waals surface area (Å²) in [7, 11) is 0. The van der Waals surface area contributed by atoms with Gasteiger partial charge in [-0.15, -0.1) is 11.3 Å². The van der Waals surface area contributed by atoms with Gasteiger partial charge in [-0.1, -0.05) is 11.6 Å². The third-order valence-electron chi connectivity index (χ3n) is 2.72. The van der Waals surface area contributed by atoms with Crippen molar-refractivity contribution in [2.24, 2.45) is 0 Å². The predicted octanol–water partition coefficient (Wildman–Crippen LogP) is 0.931. The molecule has 1 aliphatic rings. The fourth-order valence-corrected chi connectivity index (χ4v) is 2.82. The van der Waals surface area contributed by atoms with Crippen LogP contribution < -0.4 is 5.32 Å². The van der Waals surface area contributed by atoms with Crippen molar-refractivity contribution in [3.63, 3.8) is 0 Å². The summed E-state index contributed by atoms with van der Waals surface area (Å²) in [6.07, 6.45) is 0. The Bertz CT molecular complexity index is 498. The van der Waals surface area contributed by atoms with E-state index in [1.54, 1.807) is 24.0 Å². The summed E-state index contributed by atoms with van der Waals surface area (Å²) in [6, 6.07) is 2.78. The number of Topliss-reactive ketones (excluding diaryl/α,β-unsaturated/α-hetero) is 1. The molecule has 1 saturated heterocycles. The molecule has 0 saturated carbocycles. The topological polar surface area (TPSA) is 66.5 Å². The zero-order valence-corrected chi connectivity index (χ0v) is 11.2. The van der Waals surface area contributed by atoms with E-state index in [-0.39, 0.29) is 30.7 Å². The van der Waals surface area contributed by atoms with Gasteiger partial charge >= 0.3 is 0 Å². The van der Waals surface area contributed by atoms with E-state index in [0.29, 0.717) is 9.21 Å². The van der Waals surface area contributed by atoms with Crippen molar-refractivity contribution in [2.75, 3.05) is 13.1 Å². The molecule has 1 atom stereocenters. The number of nitrogens with zero attached hydrogens (tertiary/aromatic N) is 1. The summed E-state index contributed by atoms with van der Waals surface area (Å²) in [5, 5.41) is 2.20. The van der Waals surface area contributed by atoms with E-state index in [1.807, 2.05) is 0 Å². The molecule has 2 amide bonds. The number of carbonyl (C=O) groups is 3. The molecular formula is C11H11ClN2O3S. The van der Waals surface area contributed by atoms with Gasteiger partial charge < -0.3 is 0 Å². The lowest BCUT2D eigenvalue weighted by Gasteiger charge is -2.29. The highest BCUT2D eigenvalue weighted by atomic mass is 35.5. The Hall–Kier alpha value is -1.24. The SMILES string of the molecule is CC(C(=O)c1ccc(Cl)s1)N1CC(=O)NC(=O)C1. The van der Waals surface area contributed by atoms with E-state index in [0.717, 1.165) is 0 Å². The van der Waals surface area contributed by atoms with Gasteiger partial charge in [0.1, 0.15) is 0 Å². The molecule has 1 fully saturated rings. The summed E-state index contributed by atoms with van der Waals surface area (Å²) in [4.78, 5) is 36.7. The van der Waals surface area contributed by atoms with Crippen LogP contribution in [0.5, 0.6) is 0 Å². The van der Waals surface area contributed by atoms with Crippen LogP contribution in [0.25, 0.3) is 0 Å². The van der Waals surface area contributed by atoms with Crippen LogP contribution in [0.15, 0.2) is 12.1 Å². The molecule has 0 radical (unpaired) electrons. The van der Waals surface area contributed by atoms with Gasteiger partial charge in [0.2, 0.25) is 11.8 Å². The van der Waals surface area contributed by atoms with E-state index in [1.165, 1.54) is 11.3 Å². The number of thiophene rings is 1. The quantitative estimate of drug-likeness (QED) is 0.663. The van der Waals surface area contributed by atoms with Crippen LogP contribution in [0.1, 0.15) is 16.6 Å². The molecule has 2 heterocycles. The lowest BCUT2D eigenvalue weighted by atomic mass is 10.1. The molecule has 7 heteroatoms. The second kappa shape index (κ2) is 5.17. The van der Waals surface area contributed by atoms with Crippen molar-refractivity contribution in [3.8, 4) is 0 Å². The number of amides is 2. The van der Waals surface area contributed by atoms with Gasteiger partial charge in [-0.3, -0.25) is 24.6 Å². The fraction of sp³-hybridized carbons (Fsp3) is 0.364. The van der Waals surface area contributed by atoms with E-state index in [2.05, 4.69) is 5.32 Å². The van der Waals surface area contributed by atoms with Crippen LogP contribution in [0.2, 0.25) is 4.34 Å². The summed E-state index contributed by atoms with van der Waals surface area (Å²) < 4.78 is 0.540. The molecule has 96 valence electrons. The van der Waals surface area contributed by atoms with Crippen molar-refractivity contribution in [1.82, 2.24) is 10.2 Å². The van der Waals surface area contributed by atoms with Crippen molar-refractivity contribution in [2.45, 2.75) is 13.0 Å². The number of ketones is 1. The zero-order chi connectivity index (χ0) is 13.3. The molecule has 5 nitrogen and oxygen atoms in total. The summed E-state index contributed by atoms with van der Waals surface area (Å²) >= 11 is 6.97. The Labute approximate surface area is 113 Å². The normalized spacial score (nSPS) is 18.6. The van der Waals surface area contributed by atoms with Crippen LogP contribution in [0, 0.1) is 0 Å². The molecule has 0 bridgehead atoms. The fourth-order valence-electron chi connectivity index (χ4n) is 1.75. The molecule has 0 spiro atoms. The average Bonchev–Trinajstić information content (AvgIpc) is 2.72. The molecule has 1 unspecified atom stereocenters. The van der Waals surface area contributed by atoms with Crippen molar-refractivity contribution < 1.29 is 14.4 Å². The largest absolute Gasteiger partial charge is 0.294 e.